The summed E-state index contributed by atoms with van der Waals surface area (Å²) < 4.78 is 6.84. The maximum atomic E-state index is 11.7. The second kappa shape index (κ2) is 8.55. The van der Waals surface area contributed by atoms with Crippen molar-refractivity contribution in [3.63, 3.8) is 0 Å². The summed E-state index contributed by atoms with van der Waals surface area (Å²) >= 11 is 1.38. The minimum atomic E-state index is -0.00892. The molecule has 0 spiro atoms. The van der Waals surface area contributed by atoms with Gasteiger partial charge in [-0.3, -0.25) is 4.79 Å². The molecule has 6 nitrogen and oxygen atoms in total. The number of aromatic nitrogens is 3. The van der Waals surface area contributed by atoms with Crippen molar-refractivity contribution in [2.24, 2.45) is 7.05 Å². The van der Waals surface area contributed by atoms with Crippen molar-refractivity contribution in [2.45, 2.75) is 11.6 Å². The largest absolute Gasteiger partial charge is 0.385 e. The predicted molar refractivity (Wildman–Crippen MR) is 86.7 cm³/mol. The van der Waals surface area contributed by atoms with Gasteiger partial charge in [0.25, 0.3) is 0 Å². The van der Waals surface area contributed by atoms with E-state index in [0.29, 0.717) is 18.9 Å². The van der Waals surface area contributed by atoms with Crippen molar-refractivity contribution in [1.29, 1.82) is 0 Å². The highest BCUT2D eigenvalue weighted by Crippen LogP contribution is 2.21. The molecular weight excluding hydrogens is 300 g/mol. The molecule has 0 aliphatic rings. The van der Waals surface area contributed by atoms with Crippen LogP contribution in [0.4, 0.5) is 0 Å². The smallest absolute Gasteiger partial charge is 0.230 e. The van der Waals surface area contributed by atoms with E-state index in [9.17, 15) is 4.79 Å². The summed E-state index contributed by atoms with van der Waals surface area (Å²) in [6, 6.07) is 9.86. The van der Waals surface area contributed by atoms with Gasteiger partial charge in [0, 0.05) is 32.9 Å². The number of thioether (sulfide) groups is 1. The second-order valence-electron chi connectivity index (χ2n) is 4.72. The molecule has 0 aliphatic carbocycles. The lowest BCUT2D eigenvalue weighted by atomic mass is 10.2. The Morgan fingerprint density at radius 3 is 2.82 bits per heavy atom. The van der Waals surface area contributed by atoms with E-state index < -0.39 is 0 Å². The summed E-state index contributed by atoms with van der Waals surface area (Å²) in [5, 5.41) is 11.9. The van der Waals surface area contributed by atoms with Crippen LogP contribution in [0.2, 0.25) is 0 Å². The Balaban J connectivity index is 1.87. The van der Waals surface area contributed by atoms with Crippen molar-refractivity contribution >= 4 is 17.7 Å². The van der Waals surface area contributed by atoms with Crippen molar-refractivity contribution in [2.75, 3.05) is 26.0 Å². The van der Waals surface area contributed by atoms with Crippen LogP contribution in [0.3, 0.4) is 0 Å². The number of methoxy groups -OCH3 is 1. The van der Waals surface area contributed by atoms with E-state index in [0.717, 1.165) is 23.0 Å². The van der Waals surface area contributed by atoms with Gasteiger partial charge in [-0.1, -0.05) is 42.1 Å². The molecule has 2 aromatic rings. The number of rotatable bonds is 8. The molecule has 7 heteroatoms. The van der Waals surface area contributed by atoms with Gasteiger partial charge in [0.2, 0.25) is 5.91 Å². The molecule has 0 unspecified atom stereocenters. The summed E-state index contributed by atoms with van der Waals surface area (Å²) in [4.78, 5) is 11.7. The van der Waals surface area contributed by atoms with Gasteiger partial charge in [0.1, 0.15) is 0 Å². The molecule has 0 fully saturated rings. The molecule has 0 saturated heterocycles. The number of nitrogens with one attached hydrogen (secondary N) is 1. The number of ether oxygens (including phenoxy) is 1. The lowest BCUT2D eigenvalue weighted by Crippen LogP contribution is -2.26. The van der Waals surface area contributed by atoms with Crippen molar-refractivity contribution in [3.05, 3.63) is 30.3 Å². The van der Waals surface area contributed by atoms with E-state index in [1.165, 1.54) is 11.8 Å². The molecule has 1 aromatic heterocycles. The molecule has 1 aromatic carbocycles. The van der Waals surface area contributed by atoms with E-state index in [2.05, 4.69) is 15.5 Å². The SMILES string of the molecule is COCCCNC(=O)CSc1nnc(-c2ccccc2)n1C. The molecule has 0 aliphatic heterocycles. The van der Waals surface area contributed by atoms with Gasteiger partial charge in [-0.25, -0.2) is 0 Å². The molecule has 0 atom stereocenters. The number of amides is 1. The maximum absolute atomic E-state index is 11.7. The van der Waals surface area contributed by atoms with Crippen LogP contribution >= 0.6 is 11.8 Å². The molecule has 1 amide bonds. The van der Waals surface area contributed by atoms with E-state index in [-0.39, 0.29) is 5.91 Å². The zero-order valence-electron chi connectivity index (χ0n) is 12.8. The molecule has 22 heavy (non-hydrogen) atoms. The average Bonchev–Trinajstić information content (AvgIpc) is 2.91. The Bertz CT molecular complexity index is 601. The molecule has 2 rings (SSSR count). The minimum absolute atomic E-state index is 0.00892. The monoisotopic (exact) mass is 320 g/mol. The Hall–Kier alpha value is -1.86. The van der Waals surface area contributed by atoms with Gasteiger partial charge >= 0.3 is 0 Å². The third-order valence-electron chi connectivity index (χ3n) is 3.05. The molecule has 1 heterocycles. The van der Waals surface area contributed by atoms with Gasteiger partial charge in [0.05, 0.1) is 5.75 Å². The lowest BCUT2D eigenvalue weighted by molar-refractivity contribution is -0.118. The highest BCUT2D eigenvalue weighted by atomic mass is 32.2. The Morgan fingerprint density at radius 1 is 1.32 bits per heavy atom. The zero-order chi connectivity index (χ0) is 15.8. The van der Waals surface area contributed by atoms with Crippen LogP contribution < -0.4 is 5.32 Å². The summed E-state index contributed by atoms with van der Waals surface area (Å²) in [6.07, 6.45) is 0.815. The van der Waals surface area contributed by atoms with Crippen LogP contribution in [-0.4, -0.2) is 46.7 Å². The van der Waals surface area contributed by atoms with Crippen LogP contribution in [0.1, 0.15) is 6.42 Å². The number of benzene rings is 1. The molecule has 0 radical (unpaired) electrons. The average molecular weight is 320 g/mol. The fourth-order valence-electron chi connectivity index (χ4n) is 1.90. The first-order valence-corrected chi connectivity index (χ1v) is 8.04. The third kappa shape index (κ3) is 4.57. The maximum Gasteiger partial charge on any atom is 0.230 e. The lowest BCUT2D eigenvalue weighted by Gasteiger charge is -2.05. The first-order valence-electron chi connectivity index (χ1n) is 7.05. The zero-order valence-corrected chi connectivity index (χ0v) is 13.6. The Morgan fingerprint density at radius 2 is 2.09 bits per heavy atom. The number of carbonyl (C=O) groups excluding carboxylic acids is 1. The number of hydrogen-bond acceptors (Lipinski definition) is 5. The van der Waals surface area contributed by atoms with Crippen molar-refractivity contribution in [1.82, 2.24) is 20.1 Å². The first-order chi connectivity index (χ1) is 10.7. The highest BCUT2D eigenvalue weighted by molar-refractivity contribution is 7.99. The summed E-state index contributed by atoms with van der Waals surface area (Å²) in [6.45, 7) is 1.28. The number of carbonyl (C=O) groups is 1. The standard InChI is InChI=1S/C15H20N4O2S/c1-19-14(12-7-4-3-5-8-12)17-18-15(19)22-11-13(20)16-9-6-10-21-2/h3-5,7-8H,6,9-11H2,1-2H3,(H,16,20). The van der Waals surface area contributed by atoms with Crippen LogP contribution in [0.15, 0.2) is 35.5 Å². The molecule has 0 bridgehead atoms. The van der Waals surface area contributed by atoms with Crippen LogP contribution in [0.5, 0.6) is 0 Å². The Kier molecular flexibility index (Phi) is 6.42. The van der Waals surface area contributed by atoms with Crippen LogP contribution in [0, 0.1) is 0 Å². The molecule has 0 saturated carbocycles. The van der Waals surface area contributed by atoms with Gasteiger partial charge in [-0.15, -0.1) is 10.2 Å². The normalized spacial score (nSPS) is 10.6. The van der Waals surface area contributed by atoms with Gasteiger partial charge in [0.15, 0.2) is 11.0 Å². The van der Waals surface area contributed by atoms with Crippen molar-refractivity contribution < 1.29 is 9.53 Å². The van der Waals surface area contributed by atoms with Crippen LogP contribution in [-0.2, 0) is 16.6 Å². The quantitative estimate of drug-likeness (QED) is 0.592. The first kappa shape index (κ1) is 16.5. The second-order valence-corrected chi connectivity index (χ2v) is 5.66. The van der Waals surface area contributed by atoms with Gasteiger partial charge in [-0.05, 0) is 6.42 Å². The highest BCUT2D eigenvalue weighted by Gasteiger charge is 2.12. The summed E-state index contributed by atoms with van der Waals surface area (Å²) in [7, 11) is 3.55. The third-order valence-corrected chi connectivity index (χ3v) is 4.07. The van der Waals surface area contributed by atoms with E-state index in [1.807, 2.05) is 41.9 Å². The fourth-order valence-corrected chi connectivity index (χ4v) is 2.65. The fraction of sp³-hybridized carbons (Fsp3) is 0.400. The van der Waals surface area contributed by atoms with Gasteiger partial charge < -0.3 is 14.6 Å². The Labute approximate surface area is 134 Å². The van der Waals surface area contributed by atoms with E-state index in [4.69, 9.17) is 4.74 Å². The summed E-state index contributed by atoms with van der Waals surface area (Å²) in [5.74, 6) is 1.11. The minimum Gasteiger partial charge on any atom is -0.385 e. The molecule has 118 valence electrons. The molecular formula is C15H20N4O2S. The predicted octanol–water partition coefficient (Wildman–Crippen LogP) is 1.73. The molecule has 1 N–H and O–H groups in total. The van der Waals surface area contributed by atoms with E-state index >= 15 is 0 Å². The topological polar surface area (TPSA) is 69.0 Å². The van der Waals surface area contributed by atoms with Crippen LogP contribution in [0.25, 0.3) is 11.4 Å². The number of nitrogens with zero attached hydrogens (tertiary/aromatic N) is 3. The van der Waals surface area contributed by atoms with E-state index in [1.54, 1.807) is 7.11 Å². The summed E-state index contributed by atoms with van der Waals surface area (Å²) in [5.41, 5.74) is 1.01. The van der Waals surface area contributed by atoms with Crippen molar-refractivity contribution in [3.8, 4) is 11.4 Å². The van der Waals surface area contributed by atoms with Gasteiger partial charge in [-0.2, -0.15) is 0 Å². The number of hydrogen-bond donors (Lipinski definition) is 1.